The second-order valence-corrected chi connectivity index (χ2v) is 9.50. The summed E-state index contributed by atoms with van der Waals surface area (Å²) in [5.41, 5.74) is 6.65. The molecule has 0 spiro atoms. The van der Waals surface area contributed by atoms with Crippen molar-refractivity contribution in [1.29, 1.82) is 0 Å². The Kier molecular flexibility index (Phi) is 6.61. The fourth-order valence-electron chi connectivity index (χ4n) is 2.89. The van der Waals surface area contributed by atoms with Gasteiger partial charge in [0, 0.05) is 25.0 Å². The molecule has 1 saturated heterocycles. The molecular weight excluding hydrogens is 438 g/mol. The van der Waals surface area contributed by atoms with E-state index in [0.29, 0.717) is 48.9 Å². The van der Waals surface area contributed by atoms with Gasteiger partial charge in [0.2, 0.25) is 21.9 Å². The number of hydrogen-bond donors (Lipinski definition) is 2. The van der Waals surface area contributed by atoms with Crippen LogP contribution in [-0.2, 0) is 20.5 Å². The van der Waals surface area contributed by atoms with Crippen molar-refractivity contribution in [3.8, 4) is 0 Å². The quantitative estimate of drug-likeness (QED) is 0.504. The van der Waals surface area contributed by atoms with Gasteiger partial charge in [-0.15, -0.1) is 0 Å². The molecule has 1 aromatic carbocycles. The number of hydrogen-bond acceptors (Lipinski definition) is 10. The maximum Gasteiger partial charge on any atom is 0.244 e. The standard InChI is InChI=1S/C19H21N7O3S2/c20-18-23-16(24-19(25-18)22-14-4-2-1-3-5-14)13-30-17-7-6-15(12-21-17)31(27,28)26-8-10-29-11-9-26/h1-7,12H,8-11,13H2,(H3,20,22,23,24,25). The molecule has 2 aromatic heterocycles. The molecule has 3 aromatic rings. The third-order valence-electron chi connectivity index (χ3n) is 4.40. The first-order valence-electron chi connectivity index (χ1n) is 9.50. The molecule has 0 radical (unpaired) electrons. The van der Waals surface area contributed by atoms with Gasteiger partial charge in [0.05, 0.1) is 24.0 Å². The Bertz CT molecular complexity index is 1120. The van der Waals surface area contributed by atoms with Gasteiger partial charge >= 0.3 is 0 Å². The topological polar surface area (TPSA) is 136 Å². The normalized spacial score (nSPS) is 15.0. The highest BCUT2D eigenvalue weighted by Crippen LogP contribution is 2.23. The molecule has 1 aliphatic rings. The van der Waals surface area contributed by atoms with E-state index in [1.54, 1.807) is 12.1 Å². The van der Waals surface area contributed by atoms with E-state index in [-0.39, 0.29) is 10.8 Å². The van der Waals surface area contributed by atoms with Gasteiger partial charge in [0.25, 0.3) is 0 Å². The number of aromatic nitrogens is 4. The van der Waals surface area contributed by atoms with Crippen LogP contribution in [0.25, 0.3) is 0 Å². The van der Waals surface area contributed by atoms with E-state index in [9.17, 15) is 8.42 Å². The smallest absolute Gasteiger partial charge is 0.244 e. The number of nitrogens with one attached hydrogen (secondary N) is 1. The monoisotopic (exact) mass is 459 g/mol. The lowest BCUT2D eigenvalue weighted by atomic mass is 10.3. The summed E-state index contributed by atoms with van der Waals surface area (Å²) in [5, 5.41) is 3.74. The van der Waals surface area contributed by atoms with Crippen molar-refractivity contribution in [2.24, 2.45) is 0 Å². The van der Waals surface area contributed by atoms with E-state index in [1.165, 1.54) is 22.3 Å². The number of anilines is 3. The number of rotatable bonds is 7. The molecule has 3 heterocycles. The lowest BCUT2D eigenvalue weighted by molar-refractivity contribution is 0.0730. The van der Waals surface area contributed by atoms with Crippen molar-refractivity contribution in [2.45, 2.75) is 15.7 Å². The number of benzene rings is 1. The summed E-state index contributed by atoms with van der Waals surface area (Å²) in [6.45, 7) is 1.49. The lowest BCUT2D eigenvalue weighted by Gasteiger charge is -2.25. The van der Waals surface area contributed by atoms with Gasteiger partial charge in [0.15, 0.2) is 0 Å². The third-order valence-corrected chi connectivity index (χ3v) is 7.22. The molecule has 31 heavy (non-hydrogen) atoms. The predicted octanol–water partition coefficient (Wildman–Crippen LogP) is 1.91. The summed E-state index contributed by atoms with van der Waals surface area (Å²) < 4.78 is 32.0. The Morgan fingerprint density at radius 2 is 1.84 bits per heavy atom. The van der Waals surface area contributed by atoms with Crippen LogP contribution in [-0.4, -0.2) is 59.0 Å². The SMILES string of the molecule is Nc1nc(CSc2ccc(S(=O)(=O)N3CCOCC3)cn2)nc(Nc2ccccc2)n1. The van der Waals surface area contributed by atoms with E-state index in [2.05, 4.69) is 25.3 Å². The number of thioether (sulfide) groups is 1. The van der Waals surface area contributed by atoms with Crippen molar-refractivity contribution in [1.82, 2.24) is 24.2 Å². The fraction of sp³-hybridized carbons (Fsp3) is 0.263. The summed E-state index contributed by atoms with van der Waals surface area (Å²) in [6, 6.07) is 12.7. The van der Waals surface area contributed by atoms with E-state index in [4.69, 9.17) is 10.5 Å². The molecule has 3 N–H and O–H groups in total. The van der Waals surface area contributed by atoms with Crippen molar-refractivity contribution in [2.75, 3.05) is 37.4 Å². The van der Waals surface area contributed by atoms with Gasteiger partial charge in [-0.3, -0.25) is 0 Å². The number of nitrogens with two attached hydrogens (primary N) is 1. The molecule has 12 heteroatoms. The van der Waals surface area contributed by atoms with Crippen LogP contribution in [0.5, 0.6) is 0 Å². The number of para-hydroxylation sites is 1. The van der Waals surface area contributed by atoms with Crippen LogP contribution in [0.3, 0.4) is 0 Å². The van der Waals surface area contributed by atoms with Crippen LogP contribution in [0.15, 0.2) is 58.6 Å². The highest BCUT2D eigenvalue weighted by Gasteiger charge is 2.26. The zero-order valence-electron chi connectivity index (χ0n) is 16.5. The largest absolute Gasteiger partial charge is 0.379 e. The summed E-state index contributed by atoms with van der Waals surface area (Å²) >= 11 is 1.38. The average molecular weight is 460 g/mol. The van der Waals surface area contributed by atoms with Gasteiger partial charge in [-0.2, -0.15) is 19.3 Å². The molecule has 0 unspecified atom stereocenters. The van der Waals surface area contributed by atoms with Crippen molar-refractivity contribution in [3.05, 3.63) is 54.5 Å². The summed E-state index contributed by atoms with van der Waals surface area (Å²) in [4.78, 5) is 17.1. The van der Waals surface area contributed by atoms with Crippen LogP contribution < -0.4 is 11.1 Å². The lowest BCUT2D eigenvalue weighted by Crippen LogP contribution is -2.40. The zero-order chi connectivity index (χ0) is 21.7. The molecule has 0 bridgehead atoms. The zero-order valence-corrected chi connectivity index (χ0v) is 18.1. The molecule has 0 aliphatic carbocycles. The molecule has 0 amide bonds. The predicted molar refractivity (Wildman–Crippen MR) is 117 cm³/mol. The molecule has 1 fully saturated rings. The second-order valence-electron chi connectivity index (χ2n) is 6.56. The Labute approximate surface area is 184 Å². The number of sulfonamides is 1. The van der Waals surface area contributed by atoms with Crippen molar-refractivity contribution >= 4 is 39.4 Å². The maximum atomic E-state index is 12.7. The number of nitrogen functional groups attached to an aromatic ring is 1. The minimum Gasteiger partial charge on any atom is -0.379 e. The Morgan fingerprint density at radius 3 is 2.55 bits per heavy atom. The van der Waals surface area contributed by atoms with Gasteiger partial charge in [-0.1, -0.05) is 30.0 Å². The highest BCUT2D eigenvalue weighted by atomic mass is 32.2. The van der Waals surface area contributed by atoms with Crippen LogP contribution >= 0.6 is 11.8 Å². The first-order chi connectivity index (χ1) is 15.0. The Balaban J connectivity index is 1.41. The Morgan fingerprint density at radius 1 is 1.06 bits per heavy atom. The van der Waals surface area contributed by atoms with Crippen LogP contribution in [0.1, 0.15) is 5.82 Å². The van der Waals surface area contributed by atoms with E-state index >= 15 is 0 Å². The maximum absolute atomic E-state index is 12.7. The van der Waals surface area contributed by atoms with Crippen molar-refractivity contribution in [3.63, 3.8) is 0 Å². The summed E-state index contributed by atoms with van der Waals surface area (Å²) in [7, 11) is -3.56. The number of morpholine rings is 1. The minimum absolute atomic E-state index is 0.115. The fourth-order valence-corrected chi connectivity index (χ4v) is 4.94. The molecule has 4 rings (SSSR count). The number of pyridine rings is 1. The van der Waals surface area contributed by atoms with Gasteiger partial charge < -0.3 is 15.8 Å². The number of ether oxygens (including phenoxy) is 1. The van der Waals surface area contributed by atoms with Crippen LogP contribution in [0.4, 0.5) is 17.6 Å². The molecule has 0 atom stereocenters. The van der Waals surface area contributed by atoms with E-state index in [0.717, 1.165) is 5.69 Å². The van der Waals surface area contributed by atoms with Crippen molar-refractivity contribution < 1.29 is 13.2 Å². The molecule has 1 aliphatic heterocycles. The molecule has 162 valence electrons. The van der Waals surface area contributed by atoms with Gasteiger partial charge in [0.1, 0.15) is 10.7 Å². The minimum atomic E-state index is -3.56. The van der Waals surface area contributed by atoms with Crippen LogP contribution in [0.2, 0.25) is 0 Å². The number of nitrogens with zero attached hydrogens (tertiary/aromatic N) is 5. The first kappa shape index (κ1) is 21.4. The Hall–Kier alpha value is -2.80. The molecule has 0 saturated carbocycles. The molecule has 10 nitrogen and oxygen atoms in total. The molecular formula is C19H21N7O3S2. The van der Waals surface area contributed by atoms with Gasteiger partial charge in [-0.25, -0.2) is 13.4 Å². The summed E-state index contributed by atoms with van der Waals surface area (Å²) in [6.07, 6.45) is 1.37. The van der Waals surface area contributed by atoms with Crippen LogP contribution in [0, 0.1) is 0 Å². The summed E-state index contributed by atoms with van der Waals surface area (Å²) in [5.74, 6) is 1.36. The van der Waals surface area contributed by atoms with E-state index in [1.807, 2.05) is 30.3 Å². The first-order valence-corrected chi connectivity index (χ1v) is 11.9. The second kappa shape index (κ2) is 9.56. The van der Waals surface area contributed by atoms with E-state index < -0.39 is 10.0 Å². The van der Waals surface area contributed by atoms with Gasteiger partial charge in [-0.05, 0) is 24.3 Å². The highest BCUT2D eigenvalue weighted by molar-refractivity contribution is 7.98. The average Bonchev–Trinajstić information content (AvgIpc) is 2.79. The third kappa shape index (κ3) is 5.47.